The van der Waals surface area contributed by atoms with Gasteiger partial charge in [0, 0.05) is 13.1 Å². The molecule has 0 radical (unpaired) electrons. The predicted molar refractivity (Wildman–Crippen MR) is 62.8 cm³/mol. The first kappa shape index (κ1) is 13.2. The van der Waals surface area contributed by atoms with Crippen LogP contribution in [0.1, 0.15) is 5.56 Å². The molecule has 1 aromatic carbocycles. The van der Waals surface area contributed by atoms with E-state index in [1.807, 2.05) is 0 Å². The number of aryl methyl sites for hydroxylation is 2. The average molecular weight is 270 g/mol. The molecule has 6 nitrogen and oxygen atoms in total. The maximum Gasteiger partial charge on any atom is 0.368 e. The second-order valence-electron chi connectivity index (χ2n) is 3.90. The van der Waals surface area contributed by atoms with E-state index in [0.29, 0.717) is 5.56 Å². The largest absolute Gasteiger partial charge is 0.488 e. The highest BCUT2D eigenvalue weighted by Gasteiger charge is 2.15. The Kier molecular flexibility index (Phi) is 3.59. The standard InChI is InChI=1S/C11H12F2N4O2/c1-7-5-9(17-11(18)16(2)14-15-17)10(6-8(7)13)19-4-3-12/h5-6H,3-4H2,1-2H3. The molecule has 0 atom stereocenters. The first-order valence-corrected chi connectivity index (χ1v) is 5.53. The number of halogens is 2. The van der Waals surface area contributed by atoms with E-state index in [-0.39, 0.29) is 18.0 Å². The van der Waals surface area contributed by atoms with E-state index >= 15 is 0 Å². The van der Waals surface area contributed by atoms with Crippen molar-refractivity contribution in [2.75, 3.05) is 13.3 Å². The van der Waals surface area contributed by atoms with Crippen molar-refractivity contribution in [2.45, 2.75) is 6.92 Å². The molecule has 1 heterocycles. The summed E-state index contributed by atoms with van der Waals surface area (Å²) in [5, 5.41) is 7.21. The molecule has 8 heteroatoms. The van der Waals surface area contributed by atoms with Gasteiger partial charge in [-0.25, -0.2) is 13.6 Å². The number of benzene rings is 1. The highest BCUT2D eigenvalue weighted by molar-refractivity contribution is 5.48. The Morgan fingerprint density at radius 3 is 2.68 bits per heavy atom. The molecule has 19 heavy (non-hydrogen) atoms. The molecule has 0 aliphatic carbocycles. The Morgan fingerprint density at radius 2 is 2.11 bits per heavy atom. The zero-order valence-electron chi connectivity index (χ0n) is 10.4. The highest BCUT2D eigenvalue weighted by atomic mass is 19.1. The zero-order chi connectivity index (χ0) is 14.0. The number of hydrogen-bond donors (Lipinski definition) is 0. The van der Waals surface area contributed by atoms with Crippen LogP contribution in [0.2, 0.25) is 0 Å². The van der Waals surface area contributed by atoms with Crippen molar-refractivity contribution in [1.82, 2.24) is 19.8 Å². The quantitative estimate of drug-likeness (QED) is 0.823. The fourth-order valence-corrected chi connectivity index (χ4v) is 1.54. The number of aromatic nitrogens is 4. The molecule has 0 unspecified atom stereocenters. The van der Waals surface area contributed by atoms with Crippen molar-refractivity contribution in [3.05, 3.63) is 34.0 Å². The van der Waals surface area contributed by atoms with Gasteiger partial charge in [0.25, 0.3) is 0 Å². The molecule has 2 rings (SSSR count). The van der Waals surface area contributed by atoms with Gasteiger partial charge in [-0.3, -0.25) is 0 Å². The molecule has 0 aliphatic heterocycles. The summed E-state index contributed by atoms with van der Waals surface area (Å²) in [5.41, 5.74) is 0.0432. The van der Waals surface area contributed by atoms with Gasteiger partial charge in [-0.15, -0.1) is 0 Å². The molecule has 2 aromatic rings. The molecule has 0 aliphatic rings. The molecule has 0 saturated carbocycles. The van der Waals surface area contributed by atoms with Crippen LogP contribution in [-0.2, 0) is 7.05 Å². The van der Waals surface area contributed by atoms with E-state index in [1.165, 1.54) is 13.1 Å². The van der Waals surface area contributed by atoms with Crippen LogP contribution < -0.4 is 10.4 Å². The summed E-state index contributed by atoms with van der Waals surface area (Å²) >= 11 is 0. The summed E-state index contributed by atoms with van der Waals surface area (Å²) in [6.45, 7) is 0.591. The van der Waals surface area contributed by atoms with Crippen LogP contribution in [0.5, 0.6) is 5.75 Å². The smallest absolute Gasteiger partial charge is 0.368 e. The summed E-state index contributed by atoms with van der Waals surface area (Å²) in [6, 6.07) is 2.50. The van der Waals surface area contributed by atoms with Crippen LogP contribution in [0.25, 0.3) is 5.69 Å². The van der Waals surface area contributed by atoms with Crippen LogP contribution in [-0.4, -0.2) is 33.1 Å². The lowest BCUT2D eigenvalue weighted by Crippen LogP contribution is -2.22. The maximum atomic E-state index is 13.5. The summed E-state index contributed by atoms with van der Waals surface area (Å²) in [6.07, 6.45) is 0. The second kappa shape index (κ2) is 5.17. The molecule has 0 N–H and O–H groups in total. The summed E-state index contributed by atoms with van der Waals surface area (Å²) in [4.78, 5) is 11.8. The van der Waals surface area contributed by atoms with E-state index in [2.05, 4.69) is 10.4 Å². The number of nitrogens with zero attached hydrogens (tertiary/aromatic N) is 4. The third-order valence-electron chi connectivity index (χ3n) is 2.52. The number of tetrazole rings is 1. The van der Waals surface area contributed by atoms with Gasteiger partial charge in [0.15, 0.2) is 0 Å². The van der Waals surface area contributed by atoms with Crippen molar-refractivity contribution < 1.29 is 13.5 Å². The van der Waals surface area contributed by atoms with Crippen LogP contribution >= 0.6 is 0 Å². The Hall–Kier alpha value is -2.25. The molecule has 0 spiro atoms. The van der Waals surface area contributed by atoms with Crippen LogP contribution in [0.3, 0.4) is 0 Å². The first-order valence-electron chi connectivity index (χ1n) is 5.53. The molecule has 102 valence electrons. The summed E-state index contributed by atoms with van der Waals surface area (Å²) < 4.78 is 32.7. The average Bonchev–Trinajstić information content (AvgIpc) is 2.71. The van der Waals surface area contributed by atoms with Crippen molar-refractivity contribution >= 4 is 0 Å². The molecule has 0 fully saturated rings. The van der Waals surface area contributed by atoms with Crippen molar-refractivity contribution in [3.8, 4) is 11.4 Å². The van der Waals surface area contributed by atoms with Gasteiger partial charge in [-0.1, -0.05) is 0 Å². The lowest BCUT2D eigenvalue weighted by molar-refractivity contribution is 0.271. The van der Waals surface area contributed by atoms with Gasteiger partial charge in [-0.05, 0) is 29.0 Å². The molecule has 0 bridgehead atoms. The number of ether oxygens (including phenoxy) is 1. The Balaban J connectivity index is 2.57. The summed E-state index contributed by atoms with van der Waals surface area (Å²) in [7, 11) is 1.43. The molecular formula is C11H12F2N4O2. The minimum absolute atomic E-state index is 0.0448. The zero-order valence-corrected chi connectivity index (χ0v) is 10.4. The first-order chi connectivity index (χ1) is 9.04. The number of alkyl halides is 1. The van der Waals surface area contributed by atoms with E-state index in [9.17, 15) is 13.6 Å². The minimum atomic E-state index is -0.718. The van der Waals surface area contributed by atoms with Gasteiger partial charge >= 0.3 is 5.69 Å². The number of hydrogen-bond acceptors (Lipinski definition) is 4. The van der Waals surface area contributed by atoms with Gasteiger partial charge in [0.2, 0.25) is 0 Å². The SMILES string of the molecule is Cc1cc(-n2nnn(C)c2=O)c(OCCF)cc1F. The van der Waals surface area contributed by atoms with Crippen LogP contribution in [0, 0.1) is 12.7 Å². The van der Waals surface area contributed by atoms with Gasteiger partial charge < -0.3 is 4.74 Å². The molecule has 0 saturated heterocycles. The van der Waals surface area contributed by atoms with Gasteiger partial charge in [0.05, 0.1) is 0 Å². The summed E-state index contributed by atoms with van der Waals surface area (Å²) in [5.74, 6) is -0.460. The van der Waals surface area contributed by atoms with E-state index in [4.69, 9.17) is 4.74 Å². The van der Waals surface area contributed by atoms with Crippen LogP contribution in [0.15, 0.2) is 16.9 Å². The van der Waals surface area contributed by atoms with Crippen molar-refractivity contribution in [2.24, 2.45) is 7.05 Å². The maximum absolute atomic E-state index is 13.5. The van der Waals surface area contributed by atoms with E-state index < -0.39 is 18.2 Å². The fraction of sp³-hybridized carbons (Fsp3) is 0.364. The fourth-order valence-electron chi connectivity index (χ4n) is 1.54. The topological polar surface area (TPSA) is 61.9 Å². The lowest BCUT2D eigenvalue weighted by Gasteiger charge is -2.10. The lowest BCUT2D eigenvalue weighted by atomic mass is 10.2. The Morgan fingerprint density at radius 1 is 1.37 bits per heavy atom. The molecule has 1 aromatic heterocycles. The van der Waals surface area contributed by atoms with Crippen LogP contribution in [0.4, 0.5) is 8.78 Å². The third-order valence-corrected chi connectivity index (χ3v) is 2.52. The van der Waals surface area contributed by atoms with Gasteiger partial charge in [0.1, 0.15) is 30.5 Å². The highest BCUT2D eigenvalue weighted by Crippen LogP contribution is 2.25. The van der Waals surface area contributed by atoms with E-state index in [1.54, 1.807) is 6.92 Å². The monoisotopic (exact) mass is 270 g/mol. The number of rotatable bonds is 4. The minimum Gasteiger partial charge on any atom is -0.488 e. The van der Waals surface area contributed by atoms with Crippen molar-refractivity contribution in [3.63, 3.8) is 0 Å². The van der Waals surface area contributed by atoms with Gasteiger partial charge in [-0.2, -0.15) is 9.36 Å². The van der Waals surface area contributed by atoms with E-state index in [0.717, 1.165) is 15.4 Å². The normalized spacial score (nSPS) is 10.7. The Bertz CT molecular complexity index is 651. The molecular weight excluding hydrogens is 258 g/mol. The Labute approximate surface area is 107 Å². The predicted octanol–water partition coefficient (Wildman–Crippen LogP) is 0.762. The molecule has 0 amide bonds. The second-order valence-corrected chi connectivity index (χ2v) is 3.90. The third kappa shape index (κ3) is 2.47. The van der Waals surface area contributed by atoms with Crippen molar-refractivity contribution in [1.29, 1.82) is 0 Å².